The van der Waals surface area contributed by atoms with Crippen molar-refractivity contribution in [1.82, 2.24) is 0 Å². The van der Waals surface area contributed by atoms with E-state index in [0.717, 1.165) is 16.7 Å². The van der Waals surface area contributed by atoms with E-state index in [2.05, 4.69) is 38.1 Å². The van der Waals surface area contributed by atoms with Crippen LogP contribution in [0.25, 0.3) is 11.1 Å². The Morgan fingerprint density at radius 2 is 1.83 bits per heavy atom. The lowest BCUT2D eigenvalue weighted by Crippen LogP contribution is -1.89. The molecule has 0 amide bonds. The molecule has 2 aromatic rings. The number of hydrogen-bond acceptors (Lipinski definition) is 1. The van der Waals surface area contributed by atoms with E-state index in [0.29, 0.717) is 10.9 Å². The SMILES string of the molecule is CC(C)c1cccc(-c2cc(Cl)cc(CO)c2)c1. The zero-order valence-corrected chi connectivity index (χ0v) is 11.4. The van der Waals surface area contributed by atoms with Gasteiger partial charge >= 0.3 is 0 Å². The number of aliphatic hydroxyl groups is 1. The van der Waals surface area contributed by atoms with Gasteiger partial charge in [0.2, 0.25) is 0 Å². The fourth-order valence-electron chi connectivity index (χ4n) is 1.99. The van der Waals surface area contributed by atoms with Crippen LogP contribution in [0.1, 0.15) is 30.9 Å². The second-order valence-corrected chi connectivity index (χ2v) is 5.22. The van der Waals surface area contributed by atoms with Crippen molar-refractivity contribution in [2.24, 2.45) is 0 Å². The molecular formula is C16H17ClO. The van der Waals surface area contributed by atoms with Gasteiger partial charge in [0, 0.05) is 5.02 Å². The highest BCUT2D eigenvalue weighted by Crippen LogP contribution is 2.27. The molecule has 2 heteroatoms. The van der Waals surface area contributed by atoms with Gasteiger partial charge in [0.15, 0.2) is 0 Å². The third-order valence-electron chi connectivity index (χ3n) is 3.03. The first-order valence-electron chi connectivity index (χ1n) is 6.11. The monoisotopic (exact) mass is 260 g/mol. The molecule has 2 aromatic carbocycles. The molecule has 1 nitrogen and oxygen atoms in total. The van der Waals surface area contributed by atoms with E-state index in [9.17, 15) is 5.11 Å². The van der Waals surface area contributed by atoms with Crippen LogP contribution in [0.2, 0.25) is 5.02 Å². The summed E-state index contributed by atoms with van der Waals surface area (Å²) in [5, 5.41) is 9.88. The number of rotatable bonds is 3. The van der Waals surface area contributed by atoms with Gasteiger partial charge in [-0.05, 0) is 46.4 Å². The lowest BCUT2D eigenvalue weighted by molar-refractivity contribution is 0.282. The molecule has 0 spiro atoms. The van der Waals surface area contributed by atoms with Gasteiger partial charge in [0.25, 0.3) is 0 Å². The first kappa shape index (κ1) is 13.1. The van der Waals surface area contributed by atoms with E-state index >= 15 is 0 Å². The standard InChI is InChI=1S/C16H17ClO/c1-11(2)13-4-3-5-14(8-13)15-6-12(10-18)7-16(17)9-15/h3-9,11,18H,10H2,1-2H3. The van der Waals surface area contributed by atoms with Crippen molar-refractivity contribution in [1.29, 1.82) is 0 Å². The molecule has 0 saturated heterocycles. The molecule has 1 N–H and O–H groups in total. The minimum absolute atomic E-state index is 0.0113. The van der Waals surface area contributed by atoms with Gasteiger partial charge in [-0.25, -0.2) is 0 Å². The van der Waals surface area contributed by atoms with E-state index in [1.165, 1.54) is 5.56 Å². The van der Waals surface area contributed by atoms with Gasteiger partial charge in [-0.1, -0.05) is 49.7 Å². The molecule has 0 aliphatic heterocycles. The quantitative estimate of drug-likeness (QED) is 0.854. The lowest BCUT2D eigenvalue weighted by atomic mass is 9.97. The van der Waals surface area contributed by atoms with Crippen molar-refractivity contribution < 1.29 is 5.11 Å². The van der Waals surface area contributed by atoms with Gasteiger partial charge in [0.1, 0.15) is 0 Å². The van der Waals surface area contributed by atoms with Crippen LogP contribution < -0.4 is 0 Å². The Labute approximate surface area is 113 Å². The van der Waals surface area contributed by atoms with Crippen molar-refractivity contribution >= 4 is 11.6 Å². The van der Waals surface area contributed by atoms with Gasteiger partial charge in [-0.2, -0.15) is 0 Å². The summed E-state index contributed by atoms with van der Waals surface area (Å²) in [4.78, 5) is 0. The average molecular weight is 261 g/mol. The van der Waals surface area contributed by atoms with E-state index in [-0.39, 0.29) is 6.61 Å². The Kier molecular flexibility index (Phi) is 4.05. The summed E-state index contributed by atoms with van der Waals surface area (Å²) in [7, 11) is 0. The summed E-state index contributed by atoms with van der Waals surface area (Å²) in [5.41, 5.74) is 4.33. The van der Waals surface area contributed by atoms with E-state index in [1.807, 2.05) is 12.1 Å². The fourth-order valence-corrected chi connectivity index (χ4v) is 2.24. The maximum Gasteiger partial charge on any atom is 0.0682 e. The second-order valence-electron chi connectivity index (χ2n) is 4.79. The molecule has 0 heterocycles. The van der Waals surface area contributed by atoms with Gasteiger partial charge in [-0.3, -0.25) is 0 Å². The number of hydrogen-bond donors (Lipinski definition) is 1. The zero-order valence-electron chi connectivity index (χ0n) is 10.7. The predicted molar refractivity (Wildman–Crippen MR) is 76.9 cm³/mol. The van der Waals surface area contributed by atoms with Crippen LogP contribution in [0.4, 0.5) is 0 Å². The van der Waals surface area contributed by atoms with Crippen molar-refractivity contribution in [2.75, 3.05) is 0 Å². The third-order valence-corrected chi connectivity index (χ3v) is 3.24. The highest BCUT2D eigenvalue weighted by Gasteiger charge is 2.05. The lowest BCUT2D eigenvalue weighted by Gasteiger charge is -2.09. The molecule has 0 radical (unpaired) electrons. The van der Waals surface area contributed by atoms with E-state index in [1.54, 1.807) is 6.07 Å². The minimum atomic E-state index is 0.0113. The molecule has 0 fully saturated rings. The van der Waals surface area contributed by atoms with Crippen LogP contribution >= 0.6 is 11.6 Å². The molecule has 0 aliphatic rings. The Bertz CT molecular complexity index is 547. The van der Waals surface area contributed by atoms with Crippen molar-refractivity contribution in [3.63, 3.8) is 0 Å². The molecule has 0 unspecified atom stereocenters. The Morgan fingerprint density at radius 3 is 2.50 bits per heavy atom. The van der Waals surface area contributed by atoms with Crippen molar-refractivity contribution in [2.45, 2.75) is 26.4 Å². The second kappa shape index (κ2) is 5.55. The molecule has 0 aliphatic carbocycles. The summed E-state index contributed by atoms with van der Waals surface area (Å²) in [6.07, 6.45) is 0. The van der Waals surface area contributed by atoms with Crippen LogP contribution in [0.3, 0.4) is 0 Å². The topological polar surface area (TPSA) is 20.2 Å². The normalized spacial score (nSPS) is 10.9. The molecular weight excluding hydrogens is 244 g/mol. The summed E-state index contributed by atoms with van der Waals surface area (Å²) < 4.78 is 0. The highest BCUT2D eigenvalue weighted by molar-refractivity contribution is 6.31. The fraction of sp³-hybridized carbons (Fsp3) is 0.250. The van der Waals surface area contributed by atoms with Crippen molar-refractivity contribution in [3.05, 3.63) is 58.6 Å². The molecule has 0 aromatic heterocycles. The maximum atomic E-state index is 9.22. The summed E-state index contributed by atoms with van der Waals surface area (Å²) >= 11 is 6.07. The van der Waals surface area contributed by atoms with Crippen LogP contribution in [0.5, 0.6) is 0 Å². The maximum absolute atomic E-state index is 9.22. The van der Waals surface area contributed by atoms with Crippen LogP contribution in [0.15, 0.2) is 42.5 Å². The van der Waals surface area contributed by atoms with Crippen molar-refractivity contribution in [3.8, 4) is 11.1 Å². The molecule has 0 atom stereocenters. The number of halogens is 1. The molecule has 0 bridgehead atoms. The summed E-state index contributed by atoms with van der Waals surface area (Å²) in [6, 6.07) is 14.1. The molecule has 18 heavy (non-hydrogen) atoms. The smallest absolute Gasteiger partial charge is 0.0682 e. The van der Waals surface area contributed by atoms with Crippen LogP contribution in [-0.4, -0.2) is 5.11 Å². The van der Waals surface area contributed by atoms with Gasteiger partial charge in [-0.15, -0.1) is 0 Å². The predicted octanol–water partition coefficient (Wildman–Crippen LogP) is 4.62. The first-order valence-corrected chi connectivity index (χ1v) is 6.48. The Morgan fingerprint density at radius 1 is 1.06 bits per heavy atom. The number of aliphatic hydroxyl groups excluding tert-OH is 1. The van der Waals surface area contributed by atoms with Gasteiger partial charge < -0.3 is 5.11 Å². The largest absolute Gasteiger partial charge is 0.392 e. The van der Waals surface area contributed by atoms with Gasteiger partial charge in [0.05, 0.1) is 6.61 Å². The zero-order chi connectivity index (χ0) is 13.1. The van der Waals surface area contributed by atoms with Crippen LogP contribution in [0, 0.1) is 0 Å². The summed E-state index contributed by atoms with van der Waals surface area (Å²) in [6.45, 7) is 4.36. The molecule has 0 saturated carbocycles. The Balaban J connectivity index is 2.47. The summed E-state index contributed by atoms with van der Waals surface area (Å²) in [5.74, 6) is 0.501. The third kappa shape index (κ3) is 2.92. The molecule has 94 valence electrons. The highest BCUT2D eigenvalue weighted by atomic mass is 35.5. The number of benzene rings is 2. The minimum Gasteiger partial charge on any atom is -0.392 e. The van der Waals surface area contributed by atoms with E-state index in [4.69, 9.17) is 11.6 Å². The first-order chi connectivity index (χ1) is 8.60. The Hall–Kier alpha value is -1.31. The molecule has 2 rings (SSSR count). The average Bonchev–Trinajstić information content (AvgIpc) is 2.38. The van der Waals surface area contributed by atoms with Crippen LogP contribution in [-0.2, 0) is 6.61 Å². The van der Waals surface area contributed by atoms with E-state index < -0.39 is 0 Å².